The van der Waals surface area contributed by atoms with Crippen molar-refractivity contribution in [1.29, 1.82) is 0 Å². The molecule has 0 aliphatic rings. The van der Waals surface area contributed by atoms with Crippen LogP contribution in [0.2, 0.25) is 0 Å². The molecule has 19 heavy (non-hydrogen) atoms. The van der Waals surface area contributed by atoms with Crippen LogP contribution in [0.1, 0.15) is 15.4 Å². The third-order valence-electron chi connectivity index (χ3n) is 2.82. The van der Waals surface area contributed by atoms with E-state index < -0.39 is 0 Å². The highest BCUT2D eigenvalue weighted by atomic mass is 32.1. The maximum absolute atomic E-state index is 12.2. The molecule has 0 unspecified atom stereocenters. The predicted molar refractivity (Wildman–Crippen MR) is 74.2 cm³/mol. The van der Waals surface area contributed by atoms with Crippen molar-refractivity contribution in [3.8, 4) is 11.4 Å². The van der Waals surface area contributed by atoms with Gasteiger partial charge in [0.05, 0.1) is 5.69 Å². The molecule has 0 bridgehead atoms. The van der Waals surface area contributed by atoms with Gasteiger partial charge in [-0.15, -0.1) is 11.3 Å². The van der Waals surface area contributed by atoms with Gasteiger partial charge in [0.25, 0.3) is 0 Å². The Kier molecular flexibility index (Phi) is 2.97. The fourth-order valence-electron chi connectivity index (χ4n) is 1.83. The van der Waals surface area contributed by atoms with Gasteiger partial charge >= 0.3 is 0 Å². The summed E-state index contributed by atoms with van der Waals surface area (Å²) in [5, 5.41) is 6.49. The van der Waals surface area contributed by atoms with Gasteiger partial charge in [-0.3, -0.25) is 9.48 Å². The van der Waals surface area contributed by atoms with E-state index in [2.05, 4.69) is 10.1 Å². The van der Waals surface area contributed by atoms with E-state index in [1.807, 2.05) is 36.7 Å². The largest absolute Gasteiger partial charge is 0.286 e. The Balaban J connectivity index is 1.94. The van der Waals surface area contributed by atoms with Crippen LogP contribution in [0.15, 0.2) is 48.0 Å². The molecule has 0 spiro atoms. The zero-order valence-electron chi connectivity index (χ0n) is 10.3. The molecule has 0 N–H and O–H groups in total. The number of aromatic nitrogens is 3. The highest BCUT2D eigenvalue weighted by Crippen LogP contribution is 2.22. The second kappa shape index (κ2) is 4.78. The fraction of sp³-hybridized carbons (Fsp3) is 0.0714. The summed E-state index contributed by atoms with van der Waals surface area (Å²) in [6.07, 6.45) is 1.72. The van der Waals surface area contributed by atoms with Crippen molar-refractivity contribution in [2.24, 2.45) is 7.05 Å². The number of ketones is 1. The molecule has 0 amide bonds. The highest BCUT2D eigenvalue weighted by Gasteiger charge is 2.15. The van der Waals surface area contributed by atoms with Gasteiger partial charge in [0.2, 0.25) is 5.78 Å². The van der Waals surface area contributed by atoms with Crippen molar-refractivity contribution in [2.75, 3.05) is 0 Å². The summed E-state index contributed by atoms with van der Waals surface area (Å²) >= 11 is 1.36. The SMILES string of the molecule is Cn1nccc1-c1csc(C(=O)c2ccccc2)n1. The first-order valence-electron chi connectivity index (χ1n) is 5.79. The van der Waals surface area contributed by atoms with Crippen molar-refractivity contribution >= 4 is 17.1 Å². The van der Waals surface area contributed by atoms with E-state index in [9.17, 15) is 4.79 Å². The second-order valence-electron chi connectivity index (χ2n) is 4.07. The molecule has 0 saturated heterocycles. The quantitative estimate of drug-likeness (QED) is 0.687. The molecule has 0 fully saturated rings. The zero-order valence-corrected chi connectivity index (χ0v) is 11.1. The van der Waals surface area contributed by atoms with Gasteiger partial charge in [0, 0.05) is 24.2 Å². The topological polar surface area (TPSA) is 47.8 Å². The number of rotatable bonds is 3. The third kappa shape index (κ3) is 2.20. The maximum atomic E-state index is 12.2. The maximum Gasteiger partial charge on any atom is 0.221 e. The van der Waals surface area contributed by atoms with Gasteiger partial charge in [0.15, 0.2) is 5.01 Å². The molecule has 5 heteroatoms. The van der Waals surface area contributed by atoms with Crippen molar-refractivity contribution in [1.82, 2.24) is 14.8 Å². The summed E-state index contributed by atoms with van der Waals surface area (Å²) in [6, 6.07) is 11.1. The molecule has 2 aromatic heterocycles. The molecular weight excluding hydrogens is 258 g/mol. The lowest BCUT2D eigenvalue weighted by Crippen LogP contribution is -2.00. The molecule has 0 radical (unpaired) electrons. The predicted octanol–water partition coefficient (Wildman–Crippen LogP) is 2.77. The number of hydrogen-bond donors (Lipinski definition) is 0. The number of carbonyl (C=O) groups is 1. The summed E-state index contributed by atoms with van der Waals surface area (Å²) in [6.45, 7) is 0. The minimum absolute atomic E-state index is 0.0426. The third-order valence-corrected chi connectivity index (χ3v) is 3.66. The van der Waals surface area contributed by atoms with Crippen molar-refractivity contribution in [3.05, 3.63) is 58.5 Å². The second-order valence-corrected chi connectivity index (χ2v) is 4.93. The molecule has 4 nitrogen and oxygen atoms in total. The van der Waals surface area contributed by atoms with E-state index in [4.69, 9.17) is 0 Å². The highest BCUT2D eigenvalue weighted by molar-refractivity contribution is 7.12. The van der Waals surface area contributed by atoms with Gasteiger partial charge in [-0.25, -0.2) is 4.98 Å². The Morgan fingerprint density at radius 3 is 2.68 bits per heavy atom. The van der Waals surface area contributed by atoms with Crippen molar-refractivity contribution < 1.29 is 4.79 Å². The van der Waals surface area contributed by atoms with E-state index >= 15 is 0 Å². The Morgan fingerprint density at radius 2 is 2.00 bits per heavy atom. The van der Waals surface area contributed by atoms with Gasteiger partial charge in [0.1, 0.15) is 5.69 Å². The van der Waals surface area contributed by atoms with Gasteiger partial charge < -0.3 is 0 Å². The van der Waals surface area contributed by atoms with Gasteiger partial charge in [-0.1, -0.05) is 30.3 Å². The molecule has 3 aromatic rings. The number of thiazole rings is 1. The molecule has 0 saturated carbocycles. The average molecular weight is 269 g/mol. The smallest absolute Gasteiger partial charge is 0.221 e. The Labute approximate surface area is 114 Å². The Bertz CT molecular complexity index is 715. The molecule has 2 heterocycles. The van der Waals surface area contributed by atoms with Crippen LogP contribution in [0.25, 0.3) is 11.4 Å². The van der Waals surface area contributed by atoms with Crippen LogP contribution in [-0.2, 0) is 7.05 Å². The van der Waals surface area contributed by atoms with Crippen LogP contribution in [0.5, 0.6) is 0 Å². The van der Waals surface area contributed by atoms with Gasteiger partial charge in [-0.2, -0.15) is 5.10 Å². The Morgan fingerprint density at radius 1 is 1.21 bits per heavy atom. The number of nitrogens with zero attached hydrogens (tertiary/aromatic N) is 3. The molecule has 0 atom stereocenters. The average Bonchev–Trinajstić information content (AvgIpc) is 3.07. The monoisotopic (exact) mass is 269 g/mol. The van der Waals surface area contributed by atoms with E-state index in [1.165, 1.54) is 11.3 Å². The summed E-state index contributed by atoms with van der Waals surface area (Å²) in [5.41, 5.74) is 2.35. The normalized spacial score (nSPS) is 10.6. The van der Waals surface area contributed by atoms with Crippen LogP contribution < -0.4 is 0 Å². The molecule has 3 rings (SSSR count). The fourth-order valence-corrected chi connectivity index (χ4v) is 2.61. The number of hydrogen-bond acceptors (Lipinski definition) is 4. The van der Waals surface area contributed by atoms with E-state index in [1.54, 1.807) is 23.0 Å². The standard InChI is InChI=1S/C14H11N3OS/c1-17-12(7-8-15-17)11-9-19-14(16-11)13(18)10-5-3-2-4-6-10/h2-9H,1H3. The summed E-state index contributed by atoms with van der Waals surface area (Å²) < 4.78 is 1.74. The molecule has 0 aliphatic heterocycles. The van der Waals surface area contributed by atoms with Crippen molar-refractivity contribution in [3.63, 3.8) is 0 Å². The minimum Gasteiger partial charge on any atom is -0.286 e. The number of carbonyl (C=O) groups excluding carboxylic acids is 1. The number of aryl methyl sites for hydroxylation is 1. The van der Waals surface area contributed by atoms with Crippen LogP contribution in [-0.4, -0.2) is 20.5 Å². The zero-order chi connectivity index (χ0) is 13.2. The van der Waals surface area contributed by atoms with Crippen LogP contribution in [0, 0.1) is 0 Å². The van der Waals surface area contributed by atoms with Crippen LogP contribution in [0.3, 0.4) is 0 Å². The molecule has 94 valence electrons. The number of benzene rings is 1. The summed E-state index contributed by atoms with van der Waals surface area (Å²) in [4.78, 5) is 16.6. The van der Waals surface area contributed by atoms with Crippen molar-refractivity contribution in [2.45, 2.75) is 0 Å². The van der Waals surface area contributed by atoms with Crippen LogP contribution in [0.4, 0.5) is 0 Å². The van der Waals surface area contributed by atoms with E-state index in [0.29, 0.717) is 10.6 Å². The Hall–Kier alpha value is -2.27. The van der Waals surface area contributed by atoms with E-state index in [-0.39, 0.29) is 5.78 Å². The summed E-state index contributed by atoms with van der Waals surface area (Å²) in [7, 11) is 1.85. The lowest BCUT2D eigenvalue weighted by atomic mass is 10.1. The van der Waals surface area contributed by atoms with Crippen LogP contribution >= 0.6 is 11.3 Å². The first-order valence-corrected chi connectivity index (χ1v) is 6.67. The molecule has 0 aliphatic carbocycles. The molecular formula is C14H11N3OS. The minimum atomic E-state index is -0.0426. The van der Waals surface area contributed by atoms with E-state index in [0.717, 1.165) is 11.4 Å². The van der Waals surface area contributed by atoms with Gasteiger partial charge in [-0.05, 0) is 6.07 Å². The lowest BCUT2D eigenvalue weighted by Gasteiger charge is -1.97. The first-order chi connectivity index (χ1) is 9.25. The lowest BCUT2D eigenvalue weighted by molar-refractivity contribution is 0.103. The first kappa shape index (κ1) is 11.8. The summed E-state index contributed by atoms with van der Waals surface area (Å²) in [5.74, 6) is -0.0426. The molecule has 1 aromatic carbocycles.